The SMILES string of the molecule is CCCCCCCCCCOCCCNC. The third-order valence-electron chi connectivity index (χ3n) is 2.86. The van der Waals surface area contributed by atoms with Gasteiger partial charge in [-0.3, -0.25) is 0 Å². The summed E-state index contributed by atoms with van der Waals surface area (Å²) in [4.78, 5) is 0. The number of rotatable bonds is 13. The molecule has 98 valence electrons. The van der Waals surface area contributed by atoms with Crippen LogP contribution in [0.4, 0.5) is 0 Å². The Labute approximate surface area is 102 Å². The molecule has 0 spiro atoms. The quantitative estimate of drug-likeness (QED) is 0.486. The molecule has 0 unspecified atom stereocenters. The largest absolute Gasteiger partial charge is 0.381 e. The van der Waals surface area contributed by atoms with Crippen LogP contribution in [0.2, 0.25) is 0 Å². The Kier molecular flexibility index (Phi) is 14.8. The minimum absolute atomic E-state index is 0.914. The second-order valence-corrected chi connectivity index (χ2v) is 4.54. The van der Waals surface area contributed by atoms with Crippen molar-refractivity contribution in [1.29, 1.82) is 0 Å². The van der Waals surface area contributed by atoms with Crippen LogP contribution in [-0.4, -0.2) is 26.8 Å². The van der Waals surface area contributed by atoms with E-state index in [1.807, 2.05) is 7.05 Å². The van der Waals surface area contributed by atoms with Gasteiger partial charge in [0.1, 0.15) is 0 Å². The summed E-state index contributed by atoms with van der Waals surface area (Å²) in [5.41, 5.74) is 0. The van der Waals surface area contributed by atoms with E-state index in [4.69, 9.17) is 4.74 Å². The molecule has 0 heterocycles. The Morgan fingerprint density at radius 3 is 1.94 bits per heavy atom. The molecular weight excluding hydrogens is 198 g/mol. The summed E-state index contributed by atoms with van der Waals surface area (Å²) in [6.07, 6.45) is 12.1. The van der Waals surface area contributed by atoms with E-state index in [0.29, 0.717) is 0 Å². The fourth-order valence-electron chi connectivity index (χ4n) is 1.79. The highest BCUT2D eigenvalue weighted by Crippen LogP contribution is 2.08. The maximum atomic E-state index is 5.54. The molecule has 0 fully saturated rings. The summed E-state index contributed by atoms with van der Waals surface area (Å²) in [6.45, 7) is 5.21. The first-order valence-electron chi connectivity index (χ1n) is 7.14. The van der Waals surface area contributed by atoms with Gasteiger partial charge in [0.15, 0.2) is 0 Å². The molecule has 16 heavy (non-hydrogen) atoms. The normalized spacial score (nSPS) is 10.9. The molecule has 0 aromatic rings. The number of hydrogen-bond acceptors (Lipinski definition) is 2. The van der Waals surface area contributed by atoms with Crippen LogP contribution < -0.4 is 5.32 Å². The molecule has 0 bridgehead atoms. The number of unbranched alkanes of at least 4 members (excludes halogenated alkanes) is 7. The first-order chi connectivity index (χ1) is 7.91. The van der Waals surface area contributed by atoms with Crippen molar-refractivity contribution < 1.29 is 4.74 Å². The first kappa shape index (κ1) is 15.9. The molecule has 2 heteroatoms. The lowest BCUT2D eigenvalue weighted by atomic mass is 10.1. The Bertz CT molecular complexity index is 103. The van der Waals surface area contributed by atoms with Crippen molar-refractivity contribution in [1.82, 2.24) is 5.32 Å². The highest BCUT2D eigenvalue weighted by atomic mass is 16.5. The number of hydrogen-bond donors (Lipinski definition) is 1. The van der Waals surface area contributed by atoms with Crippen LogP contribution >= 0.6 is 0 Å². The molecule has 0 atom stereocenters. The monoisotopic (exact) mass is 229 g/mol. The maximum Gasteiger partial charge on any atom is 0.0478 e. The molecule has 0 radical (unpaired) electrons. The molecular formula is C14H31NO. The van der Waals surface area contributed by atoms with Gasteiger partial charge in [0.05, 0.1) is 0 Å². The topological polar surface area (TPSA) is 21.3 Å². The lowest BCUT2D eigenvalue weighted by Gasteiger charge is -2.04. The van der Waals surface area contributed by atoms with Crippen LogP contribution in [0, 0.1) is 0 Å². The lowest BCUT2D eigenvalue weighted by Crippen LogP contribution is -2.10. The smallest absolute Gasteiger partial charge is 0.0478 e. The Hall–Kier alpha value is -0.0800. The predicted molar refractivity (Wildman–Crippen MR) is 72.0 cm³/mol. The summed E-state index contributed by atoms with van der Waals surface area (Å²) in [5.74, 6) is 0. The molecule has 0 aromatic carbocycles. The van der Waals surface area contributed by atoms with E-state index in [9.17, 15) is 0 Å². The Morgan fingerprint density at radius 1 is 0.750 bits per heavy atom. The van der Waals surface area contributed by atoms with Gasteiger partial charge in [-0.15, -0.1) is 0 Å². The van der Waals surface area contributed by atoms with Gasteiger partial charge in [-0.1, -0.05) is 51.9 Å². The maximum absolute atomic E-state index is 5.54. The standard InChI is InChI=1S/C14H31NO/c1-3-4-5-6-7-8-9-10-13-16-14-11-12-15-2/h15H,3-14H2,1-2H3. The van der Waals surface area contributed by atoms with Crippen molar-refractivity contribution in [3.63, 3.8) is 0 Å². The van der Waals surface area contributed by atoms with Gasteiger partial charge in [-0.2, -0.15) is 0 Å². The highest BCUT2D eigenvalue weighted by Gasteiger charge is 1.92. The average Bonchev–Trinajstić information content (AvgIpc) is 2.31. The van der Waals surface area contributed by atoms with Gasteiger partial charge in [-0.05, 0) is 26.4 Å². The molecule has 0 aliphatic carbocycles. The summed E-state index contributed by atoms with van der Waals surface area (Å²) in [6, 6.07) is 0. The molecule has 0 saturated heterocycles. The van der Waals surface area contributed by atoms with Gasteiger partial charge >= 0.3 is 0 Å². The van der Waals surface area contributed by atoms with E-state index in [-0.39, 0.29) is 0 Å². The van der Waals surface area contributed by atoms with Gasteiger partial charge in [-0.25, -0.2) is 0 Å². The molecule has 1 N–H and O–H groups in total. The van der Waals surface area contributed by atoms with E-state index in [0.717, 1.165) is 26.2 Å². The zero-order valence-corrected chi connectivity index (χ0v) is 11.4. The van der Waals surface area contributed by atoms with Crippen molar-refractivity contribution in [3.05, 3.63) is 0 Å². The molecule has 0 aliphatic rings. The Morgan fingerprint density at radius 2 is 1.31 bits per heavy atom. The average molecular weight is 229 g/mol. The molecule has 2 nitrogen and oxygen atoms in total. The van der Waals surface area contributed by atoms with E-state index < -0.39 is 0 Å². The summed E-state index contributed by atoms with van der Waals surface area (Å²) < 4.78 is 5.54. The summed E-state index contributed by atoms with van der Waals surface area (Å²) >= 11 is 0. The van der Waals surface area contributed by atoms with E-state index in [1.54, 1.807) is 0 Å². The van der Waals surface area contributed by atoms with Gasteiger partial charge in [0.2, 0.25) is 0 Å². The number of nitrogens with one attached hydrogen (secondary N) is 1. The second-order valence-electron chi connectivity index (χ2n) is 4.54. The Balaban J connectivity index is 2.83. The molecule has 0 amide bonds. The van der Waals surface area contributed by atoms with Crippen molar-refractivity contribution in [2.75, 3.05) is 26.8 Å². The van der Waals surface area contributed by atoms with Crippen LogP contribution in [0.3, 0.4) is 0 Å². The minimum atomic E-state index is 0.914. The first-order valence-corrected chi connectivity index (χ1v) is 7.14. The van der Waals surface area contributed by atoms with Crippen LogP contribution in [0.25, 0.3) is 0 Å². The molecule has 0 aliphatic heterocycles. The second kappa shape index (κ2) is 14.9. The summed E-state index contributed by atoms with van der Waals surface area (Å²) in [5, 5.41) is 3.12. The van der Waals surface area contributed by atoms with Gasteiger partial charge in [0, 0.05) is 13.2 Å². The third-order valence-corrected chi connectivity index (χ3v) is 2.86. The summed E-state index contributed by atoms with van der Waals surface area (Å²) in [7, 11) is 1.98. The zero-order chi connectivity index (χ0) is 11.9. The molecule has 0 rings (SSSR count). The van der Waals surface area contributed by atoms with Gasteiger partial charge < -0.3 is 10.1 Å². The van der Waals surface area contributed by atoms with Crippen LogP contribution in [0.5, 0.6) is 0 Å². The highest BCUT2D eigenvalue weighted by molar-refractivity contribution is 4.46. The fraction of sp³-hybridized carbons (Fsp3) is 1.00. The van der Waals surface area contributed by atoms with Crippen molar-refractivity contribution in [2.24, 2.45) is 0 Å². The van der Waals surface area contributed by atoms with E-state index in [1.165, 1.54) is 51.4 Å². The number of ether oxygens (including phenoxy) is 1. The molecule has 0 aromatic heterocycles. The third kappa shape index (κ3) is 13.9. The predicted octanol–water partition coefficient (Wildman–Crippen LogP) is 3.75. The van der Waals surface area contributed by atoms with Crippen LogP contribution in [-0.2, 0) is 4.74 Å². The van der Waals surface area contributed by atoms with Crippen molar-refractivity contribution in [2.45, 2.75) is 64.7 Å². The van der Waals surface area contributed by atoms with Crippen LogP contribution in [0.1, 0.15) is 64.7 Å². The fourth-order valence-corrected chi connectivity index (χ4v) is 1.79. The van der Waals surface area contributed by atoms with Crippen LogP contribution in [0.15, 0.2) is 0 Å². The molecule has 0 saturated carbocycles. The van der Waals surface area contributed by atoms with Gasteiger partial charge in [0.25, 0.3) is 0 Å². The zero-order valence-electron chi connectivity index (χ0n) is 11.4. The lowest BCUT2D eigenvalue weighted by molar-refractivity contribution is 0.127. The van der Waals surface area contributed by atoms with Crippen molar-refractivity contribution >= 4 is 0 Å². The van der Waals surface area contributed by atoms with Crippen molar-refractivity contribution in [3.8, 4) is 0 Å². The minimum Gasteiger partial charge on any atom is -0.381 e. The van der Waals surface area contributed by atoms with E-state index >= 15 is 0 Å². The van der Waals surface area contributed by atoms with E-state index in [2.05, 4.69) is 12.2 Å².